The second-order valence-corrected chi connectivity index (χ2v) is 3.50. The number of thiol groups is 1. The van der Waals surface area contributed by atoms with Gasteiger partial charge in [-0.2, -0.15) is 12.6 Å². The lowest BCUT2D eigenvalue weighted by Crippen LogP contribution is -2.24. The summed E-state index contributed by atoms with van der Waals surface area (Å²) in [6.45, 7) is 5.58. The number of rotatable bonds is 6. The Morgan fingerprint density at radius 2 is 1.91 bits per heavy atom. The Labute approximate surface area is 74.7 Å². The highest BCUT2D eigenvalue weighted by atomic mass is 32.1. The Hall–Kier alpha value is 0.270. The molecule has 0 radical (unpaired) electrons. The quantitative estimate of drug-likeness (QED) is 0.493. The summed E-state index contributed by atoms with van der Waals surface area (Å²) < 4.78 is 10.5. The Balaban J connectivity index is 3.23. The molecule has 0 aliphatic rings. The average Bonchev–Trinajstić information content (AvgIpc) is 1.99. The molecule has 0 aliphatic heterocycles. The summed E-state index contributed by atoms with van der Waals surface area (Å²) in [5.41, 5.74) is -0.0589. The fourth-order valence-electron chi connectivity index (χ4n) is 0.587. The molecule has 3 heteroatoms. The van der Waals surface area contributed by atoms with E-state index in [1.54, 1.807) is 7.11 Å². The first kappa shape index (κ1) is 11.3. The molecule has 0 aromatic rings. The first-order chi connectivity index (χ1) is 5.12. The smallest absolute Gasteiger partial charge is 0.0644 e. The molecule has 0 amide bonds. The van der Waals surface area contributed by atoms with E-state index in [4.69, 9.17) is 9.47 Å². The second kappa shape index (κ2) is 5.86. The zero-order valence-corrected chi connectivity index (χ0v) is 8.49. The van der Waals surface area contributed by atoms with Crippen molar-refractivity contribution in [3.8, 4) is 0 Å². The lowest BCUT2D eigenvalue weighted by atomic mass is 10.1. The van der Waals surface area contributed by atoms with Gasteiger partial charge >= 0.3 is 0 Å². The largest absolute Gasteiger partial charge is 0.380 e. The molecule has 0 spiro atoms. The summed E-state index contributed by atoms with van der Waals surface area (Å²) in [6.07, 6.45) is 0.928. The minimum Gasteiger partial charge on any atom is -0.380 e. The van der Waals surface area contributed by atoms with Crippen molar-refractivity contribution < 1.29 is 9.47 Å². The normalized spacial score (nSPS) is 12.0. The van der Waals surface area contributed by atoms with Crippen LogP contribution in [0.15, 0.2) is 0 Å². The van der Waals surface area contributed by atoms with E-state index in [-0.39, 0.29) is 5.60 Å². The molecule has 2 nitrogen and oxygen atoms in total. The highest BCUT2D eigenvalue weighted by molar-refractivity contribution is 7.80. The molecule has 0 unspecified atom stereocenters. The average molecular weight is 178 g/mol. The number of methoxy groups -OCH3 is 1. The Morgan fingerprint density at radius 1 is 1.27 bits per heavy atom. The second-order valence-electron chi connectivity index (χ2n) is 3.05. The van der Waals surface area contributed by atoms with E-state index < -0.39 is 0 Å². The van der Waals surface area contributed by atoms with Crippen molar-refractivity contribution in [2.24, 2.45) is 0 Å². The van der Waals surface area contributed by atoms with Crippen LogP contribution in [0.3, 0.4) is 0 Å². The van der Waals surface area contributed by atoms with Crippen molar-refractivity contribution in [2.45, 2.75) is 25.9 Å². The molecule has 11 heavy (non-hydrogen) atoms. The molecule has 0 rings (SSSR count). The van der Waals surface area contributed by atoms with Crippen molar-refractivity contribution in [1.82, 2.24) is 0 Å². The van der Waals surface area contributed by atoms with Crippen molar-refractivity contribution in [2.75, 3.05) is 26.1 Å². The summed E-state index contributed by atoms with van der Waals surface area (Å²) in [7, 11) is 1.72. The standard InChI is InChI=1S/C8H18O2S/c1-8(2,9-3)4-5-10-6-7-11/h11H,4-7H2,1-3H3. The van der Waals surface area contributed by atoms with Crippen LogP contribution >= 0.6 is 12.6 Å². The fraction of sp³-hybridized carbons (Fsp3) is 1.00. The van der Waals surface area contributed by atoms with Crippen molar-refractivity contribution >= 4 is 12.6 Å². The minimum absolute atomic E-state index is 0.0589. The van der Waals surface area contributed by atoms with Gasteiger partial charge in [0, 0.05) is 19.5 Å². The van der Waals surface area contributed by atoms with Gasteiger partial charge in [0.1, 0.15) is 0 Å². The molecule has 0 saturated carbocycles. The summed E-state index contributed by atoms with van der Waals surface area (Å²) in [6, 6.07) is 0. The van der Waals surface area contributed by atoms with E-state index in [1.807, 2.05) is 0 Å². The molecule has 0 heterocycles. The van der Waals surface area contributed by atoms with Gasteiger partial charge < -0.3 is 9.47 Å². The van der Waals surface area contributed by atoms with E-state index in [1.165, 1.54) is 0 Å². The maximum Gasteiger partial charge on any atom is 0.0644 e. The van der Waals surface area contributed by atoms with Crippen LogP contribution in [0, 0.1) is 0 Å². The molecule has 0 fully saturated rings. The topological polar surface area (TPSA) is 18.5 Å². The lowest BCUT2D eigenvalue weighted by molar-refractivity contribution is -0.00788. The van der Waals surface area contributed by atoms with Gasteiger partial charge in [0.2, 0.25) is 0 Å². The summed E-state index contributed by atoms with van der Waals surface area (Å²) >= 11 is 4.03. The lowest BCUT2D eigenvalue weighted by Gasteiger charge is -2.22. The minimum atomic E-state index is -0.0589. The zero-order chi connectivity index (χ0) is 8.74. The molecular weight excluding hydrogens is 160 g/mol. The molecule has 0 atom stereocenters. The summed E-state index contributed by atoms with van der Waals surface area (Å²) in [4.78, 5) is 0. The van der Waals surface area contributed by atoms with Gasteiger partial charge in [-0.15, -0.1) is 0 Å². The maximum atomic E-state index is 5.26. The zero-order valence-electron chi connectivity index (χ0n) is 7.59. The SMILES string of the molecule is COC(C)(C)CCOCCS. The van der Waals surface area contributed by atoms with Crippen LogP contribution in [0.1, 0.15) is 20.3 Å². The predicted octanol–water partition coefficient (Wildman–Crippen LogP) is 1.75. The Bertz CT molecular complexity index is 94.1. The van der Waals surface area contributed by atoms with Gasteiger partial charge in [-0.05, 0) is 20.3 Å². The monoisotopic (exact) mass is 178 g/mol. The Morgan fingerprint density at radius 3 is 2.36 bits per heavy atom. The van der Waals surface area contributed by atoms with Gasteiger partial charge in [0.05, 0.1) is 12.2 Å². The number of ether oxygens (including phenoxy) is 2. The predicted molar refractivity (Wildman–Crippen MR) is 50.4 cm³/mol. The van der Waals surface area contributed by atoms with Gasteiger partial charge in [-0.3, -0.25) is 0 Å². The molecule has 0 aromatic carbocycles. The van der Waals surface area contributed by atoms with Crippen LogP contribution in [-0.4, -0.2) is 31.7 Å². The highest BCUT2D eigenvalue weighted by Gasteiger charge is 2.14. The third-order valence-electron chi connectivity index (χ3n) is 1.64. The Kier molecular flexibility index (Phi) is 6.01. The molecule has 0 N–H and O–H groups in total. The van der Waals surface area contributed by atoms with Crippen molar-refractivity contribution in [3.05, 3.63) is 0 Å². The third kappa shape index (κ3) is 6.66. The van der Waals surface area contributed by atoms with Crippen LogP contribution in [-0.2, 0) is 9.47 Å². The summed E-state index contributed by atoms with van der Waals surface area (Å²) in [5, 5.41) is 0. The van der Waals surface area contributed by atoms with E-state index in [0.717, 1.165) is 25.4 Å². The first-order valence-electron chi connectivity index (χ1n) is 3.86. The maximum absolute atomic E-state index is 5.26. The van der Waals surface area contributed by atoms with Gasteiger partial charge in [0.25, 0.3) is 0 Å². The van der Waals surface area contributed by atoms with Gasteiger partial charge in [-0.1, -0.05) is 0 Å². The molecule has 0 aromatic heterocycles. The number of hydrogen-bond acceptors (Lipinski definition) is 3. The fourth-order valence-corrected chi connectivity index (χ4v) is 0.716. The van der Waals surface area contributed by atoms with Crippen molar-refractivity contribution in [1.29, 1.82) is 0 Å². The van der Waals surface area contributed by atoms with Crippen LogP contribution < -0.4 is 0 Å². The molecule has 0 aliphatic carbocycles. The summed E-state index contributed by atoms with van der Waals surface area (Å²) in [5.74, 6) is 0.785. The number of hydrogen-bond donors (Lipinski definition) is 1. The van der Waals surface area contributed by atoms with Crippen LogP contribution in [0.4, 0.5) is 0 Å². The van der Waals surface area contributed by atoms with Crippen molar-refractivity contribution in [3.63, 3.8) is 0 Å². The van der Waals surface area contributed by atoms with Crippen LogP contribution in [0.25, 0.3) is 0 Å². The molecule has 68 valence electrons. The van der Waals surface area contributed by atoms with Crippen LogP contribution in [0.5, 0.6) is 0 Å². The van der Waals surface area contributed by atoms with Gasteiger partial charge in [0.15, 0.2) is 0 Å². The third-order valence-corrected chi connectivity index (χ3v) is 1.82. The molecule has 0 bridgehead atoms. The first-order valence-corrected chi connectivity index (χ1v) is 4.49. The molecule has 0 saturated heterocycles. The van der Waals surface area contributed by atoms with E-state index in [9.17, 15) is 0 Å². The van der Waals surface area contributed by atoms with E-state index in [0.29, 0.717) is 0 Å². The van der Waals surface area contributed by atoms with E-state index >= 15 is 0 Å². The van der Waals surface area contributed by atoms with Crippen LogP contribution in [0.2, 0.25) is 0 Å². The van der Waals surface area contributed by atoms with Gasteiger partial charge in [-0.25, -0.2) is 0 Å². The van der Waals surface area contributed by atoms with E-state index in [2.05, 4.69) is 26.5 Å². The highest BCUT2D eigenvalue weighted by Crippen LogP contribution is 2.12. The molecular formula is C8H18O2S.